The quantitative estimate of drug-likeness (QED) is 0.304. The minimum Gasteiger partial charge on any atom is -0.510 e. The van der Waals surface area contributed by atoms with Gasteiger partial charge in [-0.15, -0.1) is 11.6 Å². The van der Waals surface area contributed by atoms with E-state index in [1.807, 2.05) is 56.3 Å². The third-order valence-electron chi connectivity index (χ3n) is 5.68. The number of benzene rings is 3. The maximum absolute atomic E-state index is 10.3. The molecule has 0 unspecified atom stereocenters. The number of aromatic nitrogens is 1. The molecule has 1 N–H and O–H groups in total. The fourth-order valence-corrected chi connectivity index (χ4v) is 4.28. The molecule has 1 aliphatic heterocycles. The molecule has 2 heterocycles. The summed E-state index contributed by atoms with van der Waals surface area (Å²) in [5, 5.41) is 11.1. The summed E-state index contributed by atoms with van der Waals surface area (Å²) in [6.07, 6.45) is -2.07. The molecule has 2 aliphatic rings. The van der Waals surface area contributed by atoms with Crippen molar-refractivity contribution in [3.05, 3.63) is 94.5 Å². The summed E-state index contributed by atoms with van der Waals surface area (Å²) < 4.78 is 29.3. The summed E-state index contributed by atoms with van der Waals surface area (Å²) in [5.74, 6) is 1.21. The minimum absolute atomic E-state index is 0. The van der Waals surface area contributed by atoms with E-state index in [0.29, 0.717) is 34.2 Å². The first-order valence-electron chi connectivity index (χ1n) is 11.5. The Hall–Kier alpha value is -3.17. The fraction of sp³-hybridized carbons (Fsp3) is 0.185. The molecule has 0 saturated heterocycles. The number of aromatic hydroxyl groups is 1. The Morgan fingerprint density at radius 2 is 1.91 bits per heavy atom. The van der Waals surface area contributed by atoms with Gasteiger partial charge < -0.3 is 14.6 Å². The van der Waals surface area contributed by atoms with Gasteiger partial charge in [-0.3, -0.25) is 4.99 Å². The third-order valence-corrected chi connectivity index (χ3v) is 5.68. The van der Waals surface area contributed by atoms with Gasteiger partial charge in [-0.1, -0.05) is 48.9 Å². The number of pyridine rings is 1. The predicted molar refractivity (Wildman–Crippen MR) is 123 cm³/mol. The van der Waals surface area contributed by atoms with E-state index in [-0.39, 0.29) is 26.8 Å². The Labute approximate surface area is 209 Å². The Morgan fingerprint density at radius 1 is 1.09 bits per heavy atom. The first kappa shape index (κ1) is 19.3. The van der Waals surface area contributed by atoms with Crippen LogP contribution < -0.4 is 4.74 Å². The van der Waals surface area contributed by atoms with Crippen LogP contribution in [0.2, 0.25) is 0 Å². The summed E-state index contributed by atoms with van der Waals surface area (Å²) in [5.41, 5.74) is 4.38. The van der Waals surface area contributed by atoms with Gasteiger partial charge in [0.1, 0.15) is 23.3 Å². The van der Waals surface area contributed by atoms with E-state index < -0.39 is 18.5 Å². The zero-order valence-electron chi connectivity index (χ0n) is 19.9. The number of aryl methyl sites for hydroxylation is 2. The molecule has 6 rings (SSSR count). The molecule has 6 heteroatoms. The van der Waals surface area contributed by atoms with Crippen molar-refractivity contribution in [2.45, 2.75) is 32.4 Å². The Balaban J connectivity index is 0.00000253. The molecule has 33 heavy (non-hydrogen) atoms. The Kier molecular flexibility index (Phi) is 4.86. The van der Waals surface area contributed by atoms with Crippen LogP contribution in [-0.4, -0.2) is 22.0 Å². The Bertz CT molecular complexity index is 1510. The van der Waals surface area contributed by atoms with E-state index in [9.17, 15) is 5.11 Å². The van der Waals surface area contributed by atoms with Crippen molar-refractivity contribution in [1.82, 2.24) is 4.98 Å². The van der Waals surface area contributed by atoms with Crippen LogP contribution in [0, 0.1) is 19.9 Å². The van der Waals surface area contributed by atoms with Gasteiger partial charge in [-0.25, -0.2) is 4.98 Å². The molecule has 1 aromatic heterocycles. The smallest absolute Gasteiger partial charge is 0.217 e. The van der Waals surface area contributed by atoms with Crippen molar-refractivity contribution < 1.29 is 38.4 Å². The molecular formula is C27H21N2O3Pt-. The van der Waals surface area contributed by atoms with E-state index in [4.69, 9.17) is 12.2 Å². The summed E-state index contributed by atoms with van der Waals surface area (Å²) in [4.78, 5) is 9.08. The summed E-state index contributed by atoms with van der Waals surface area (Å²) in [6.45, 7) is 3.84. The molecular weight excluding hydrogens is 595 g/mol. The van der Waals surface area contributed by atoms with Gasteiger partial charge in [0.15, 0.2) is 0 Å². The number of aliphatic imine (C=N–C) groups is 1. The van der Waals surface area contributed by atoms with Gasteiger partial charge in [0.2, 0.25) is 5.88 Å². The molecule has 168 valence electrons. The second kappa shape index (κ2) is 8.31. The predicted octanol–water partition coefficient (Wildman–Crippen LogP) is 5.59. The molecule has 0 saturated carbocycles. The molecule has 0 amide bonds. The number of fused-ring (bicyclic) bond motifs is 4. The van der Waals surface area contributed by atoms with Gasteiger partial charge in [-0.2, -0.15) is 0 Å². The van der Waals surface area contributed by atoms with E-state index in [0.717, 1.165) is 22.1 Å². The second-order valence-electron chi connectivity index (χ2n) is 8.19. The molecule has 0 spiro atoms. The van der Waals surface area contributed by atoms with E-state index in [1.165, 1.54) is 0 Å². The maximum Gasteiger partial charge on any atom is 0.217 e. The van der Waals surface area contributed by atoms with Gasteiger partial charge in [0.05, 0.1) is 6.04 Å². The van der Waals surface area contributed by atoms with Gasteiger partial charge >= 0.3 is 0 Å². The fourth-order valence-electron chi connectivity index (χ4n) is 4.28. The third kappa shape index (κ3) is 3.91. The van der Waals surface area contributed by atoms with Gasteiger partial charge in [0.25, 0.3) is 0 Å². The molecule has 0 fully saturated rings. The first-order chi connectivity index (χ1) is 16.3. The standard InChI is InChI=1S/C27H21N2O3.Pt/c1-15-10-19(27-28-22-14-17-5-3-4-6-21(17)26(22)32-27)13-20(11-15)31-24-8-7-18-9-16(2)12-23(30)25(18)29-24;/h3-12,22,26,30H,14H2,1-2H3;/q-1;/t22-,26-;/m0./s1/i14D2;. The largest absolute Gasteiger partial charge is 0.510 e. The number of hydrogen-bond acceptors (Lipinski definition) is 5. The van der Waals surface area contributed by atoms with Crippen LogP contribution in [0.5, 0.6) is 17.4 Å². The zero-order valence-corrected chi connectivity index (χ0v) is 20.2. The summed E-state index contributed by atoms with van der Waals surface area (Å²) in [7, 11) is 0. The average molecular weight is 619 g/mol. The van der Waals surface area contributed by atoms with Crippen molar-refractivity contribution in [3.63, 3.8) is 0 Å². The van der Waals surface area contributed by atoms with Crippen molar-refractivity contribution in [3.8, 4) is 17.4 Å². The number of ether oxygens (including phenoxy) is 2. The summed E-state index contributed by atoms with van der Waals surface area (Å²) in [6, 6.07) is 20.9. The second-order valence-corrected chi connectivity index (χ2v) is 8.19. The SMILES string of the molecule is [2H]C1([2H])c2ccccc2[C@@H]2OC(c3[c-]c(Oc4ccc5cc(C)cc(O)c5n4)cc(C)c3)=N[C@H]21.[Pt]. The molecule has 1 aliphatic carbocycles. The van der Waals surface area contributed by atoms with Crippen molar-refractivity contribution in [2.75, 3.05) is 0 Å². The topological polar surface area (TPSA) is 63.9 Å². The first-order valence-corrected chi connectivity index (χ1v) is 10.5. The van der Waals surface area contributed by atoms with E-state index >= 15 is 0 Å². The number of phenols is 1. The van der Waals surface area contributed by atoms with E-state index in [1.54, 1.807) is 18.2 Å². The van der Waals surface area contributed by atoms with Crippen molar-refractivity contribution >= 4 is 16.8 Å². The Morgan fingerprint density at radius 3 is 2.79 bits per heavy atom. The number of nitrogens with zero attached hydrogens (tertiary/aromatic N) is 2. The van der Waals surface area contributed by atoms with Gasteiger partial charge in [0, 0.05) is 41.0 Å². The monoisotopic (exact) mass is 618 g/mol. The number of rotatable bonds is 3. The molecule has 3 aromatic carbocycles. The normalized spacial score (nSPS) is 20.6. The van der Waals surface area contributed by atoms with Crippen LogP contribution in [-0.2, 0) is 32.2 Å². The van der Waals surface area contributed by atoms with Crippen LogP contribution in [0.4, 0.5) is 0 Å². The van der Waals surface area contributed by atoms with Crippen LogP contribution in [0.15, 0.2) is 65.7 Å². The maximum atomic E-state index is 10.3. The molecule has 0 radical (unpaired) electrons. The zero-order chi connectivity index (χ0) is 23.6. The van der Waals surface area contributed by atoms with Crippen molar-refractivity contribution in [2.24, 2.45) is 4.99 Å². The molecule has 5 nitrogen and oxygen atoms in total. The number of hydrogen-bond donors (Lipinski definition) is 1. The molecule has 4 aromatic rings. The van der Waals surface area contributed by atoms with Crippen LogP contribution in [0.25, 0.3) is 10.9 Å². The van der Waals surface area contributed by atoms with Crippen LogP contribution in [0.3, 0.4) is 0 Å². The van der Waals surface area contributed by atoms with Crippen LogP contribution in [0.1, 0.15) is 36.7 Å². The van der Waals surface area contributed by atoms with Gasteiger partial charge in [-0.05, 0) is 48.2 Å². The molecule has 0 bridgehead atoms. The van der Waals surface area contributed by atoms with Crippen LogP contribution >= 0.6 is 0 Å². The minimum atomic E-state index is -1.61. The molecule has 2 atom stereocenters. The average Bonchev–Trinajstić information content (AvgIpc) is 3.33. The summed E-state index contributed by atoms with van der Waals surface area (Å²) >= 11 is 0. The number of phenolic OH excluding ortho intramolecular Hbond substituents is 1. The van der Waals surface area contributed by atoms with Crippen molar-refractivity contribution in [1.29, 1.82) is 0 Å². The van der Waals surface area contributed by atoms with E-state index in [2.05, 4.69) is 16.0 Å².